The van der Waals surface area contributed by atoms with Gasteiger partial charge in [0, 0.05) is 0 Å². The first kappa shape index (κ1) is 26.8. The van der Waals surface area contributed by atoms with Crippen LogP contribution in [0.3, 0.4) is 0 Å². The highest BCUT2D eigenvalue weighted by Crippen LogP contribution is 2.30. The summed E-state index contributed by atoms with van der Waals surface area (Å²) in [6, 6.07) is 11.2. The molecule has 2 aromatic carbocycles. The summed E-state index contributed by atoms with van der Waals surface area (Å²) in [6.07, 6.45) is 10.5. The maximum atomic E-state index is 10.2. The predicted octanol–water partition coefficient (Wildman–Crippen LogP) is 6.81. The van der Waals surface area contributed by atoms with E-state index < -0.39 is 0 Å². The fourth-order valence-corrected chi connectivity index (χ4v) is 4.20. The standard InChI is InChI=1S/C28H42O5/c1-5-7-9-11-23(17-21-13-15-27(31-3)25(29)19-21)33-24(12-10-8-6-2)18-22-14-16-28(32-4)26(30)20-22/h13-16,19-20,23-24,29-30H,5-12,17-18H2,1-4H3. The minimum atomic E-state index is 0.0721. The smallest absolute Gasteiger partial charge is 0.160 e. The molecule has 2 atom stereocenters. The van der Waals surface area contributed by atoms with Crippen LogP contribution >= 0.6 is 0 Å². The van der Waals surface area contributed by atoms with Crippen molar-refractivity contribution in [3.63, 3.8) is 0 Å². The quantitative estimate of drug-likeness (QED) is 0.270. The minimum Gasteiger partial charge on any atom is -0.504 e. The molecule has 5 heteroatoms. The Hall–Kier alpha value is -2.40. The fraction of sp³-hybridized carbons (Fsp3) is 0.571. The summed E-state index contributed by atoms with van der Waals surface area (Å²) in [5.74, 6) is 1.30. The van der Waals surface area contributed by atoms with Gasteiger partial charge >= 0.3 is 0 Å². The predicted molar refractivity (Wildman–Crippen MR) is 134 cm³/mol. The van der Waals surface area contributed by atoms with Gasteiger partial charge in [0.2, 0.25) is 0 Å². The number of benzene rings is 2. The second-order valence-corrected chi connectivity index (χ2v) is 8.79. The van der Waals surface area contributed by atoms with Gasteiger partial charge in [0.1, 0.15) is 0 Å². The first-order valence-electron chi connectivity index (χ1n) is 12.4. The summed E-state index contributed by atoms with van der Waals surface area (Å²) in [7, 11) is 3.12. The third-order valence-corrected chi connectivity index (χ3v) is 6.06. The summed E-state index contributed by atoms with van der Waals surface area (Å²) in [5, 5.41) is 20.4. The lowest BCUT2D eigenvalue weighted by atomic mass is 9.99. The average molecular weight is 459 g/mol. The van der Waals surface area contributed by atoms with E-state index in [0.29, 0.717) is 11.5 Å². The van der Waals surface area contributed by atoms with E-state index in [-0.39, 0.29) is 23.7 Å². The van der Waals surface area contributed by atoms with Crippen molar-refractivity contribution in [2.45, 2.75) is 90.3 Å². The number of rotatable bonds is 16. The molecule has 2 aromatic rings. The molecule has 0 bridgehead atoms. The summed E-state index contributed by atoms with van der Waals surface area (Å²) < 4.78 is 17.1. The molecule has 0 amide bonds. The Morgan fingerprint density at radius 3 is 1.42 bits per heavy atom. The number of phenols is 2. The summed E-state index contributed by atoms with van der Waals surface area (Å²) in [4.78, 5) is 0. The Morgan fingerprint density at radius 1 is 0.667 bits per heavy atom. The van der Waals surface area contributed by atoms with Crippen molar-refractivity contribution >= 4 is 0 Å². The van der Waals surface area contributed by atoms with Crippen LogP contribution in [0.1, 0.15) is 76.3 Å². The number of unbranched alkanes of at least 4 members (excludes halogenated alkanes) is 4. The SMILES string of the molecule is CCCCCC(Cc1ccc(OC)c(O)c1)OC(CCCCC)Cc1ccc(OC)c(O)c1. The summed E-state index contributed by atoms with van der Waals surface area (Å²) in [5.41, 5.74) is 2.09. The molecule has 0 aromatic heterocycles. The van der Waals surface area contributed by atoms with Gasteiger partial charge in [-0.15, -0.1) is 0 Å². The first-order valence-corrected chi connectivity index (χ1v) is 12.4. The Balaban J connectivity index is 2.15. The normalized spacial score (nSPS) is 13.0. The zero-order valence-corrected chi connectivity index (χ0v) is 20.8. The van der Waals surface area contributed by atoms with E-state index in [4.69, 9.17) is 14.2 Å². The Bertz CT molecular complexity index is 752. The van der Waals surface area contributed by atoms with Gasteiger partial charge in [0.15, 0.2) is 23.0 Å². The Labute approximate surface area is 199 Å². The summed E-state index contributed by atoms with van der Waals surface area (Å²) in [6.45, 7) is 4.42. The summed E-state index contributed by atoms with van der Waals surface area (Å²) >= 11 is 0. The number of hydrogen-bond donors (Lipinski definition) is 2. The largest absolute Gasteiger partial charge is 0.504 e. The van der Waals surface area contributed by atoms with E-state index in [9.17, 15) is 10.2 Å². The molecule has 0 saturated heterocycles. The Morgan fingerprint density at radius 2 is 1.09 bits per heavy atom. The molecule has 0 aliphatic carbocycles. The lowest BCUT2D eigenvalue weighted by molar-refractivity contribution is -0.0216. The fourth-order valence-electron chi connectivity index (χ4n) is 4.20. The maximum absolute atomic E-state index is 10.2. The molecular formula is C28H42O5. The van der Waals surface area contributed by atoms with Crippen LogP contribution in [0, 0.1) is 0 Å². The molecule has 33 heavy (non-hydrogen) atoms. The van der Waals surface area contributed by atoms with Gasteiger partial charge in [0.05, 0.1) is 26.4 Å². The van der Waals surface area contributed by atoms with Gasteiger partial charge in [-0.3, -0.25) is 0 Å². The van der Waals surface area contributed by atoms with Crippen molar-refractivity contribution in [2.75, 3.05) is 14.2 Å². The number of ether oxygens (including phenoxy) is 3. The third-order valence-electron chi connectivity index (χ3n) is 6.06. The van der Waals surface area contributed by atoms with Gasteiger partial charge < -0.3 is 24.4 Å². The van der Waals surface area contributed by atoms with Crippen LogP contribution in [0.5, 0.6) is 23.0 Å². The van der Waals surface area contributed by atoms with Crippen LogP contribution in [0.4, 0.5) is 0 Å². The molecule has 0 aliphatic heterocycles. The van der Waals surface area contributed by atoms with Crippen LogP contribution in [0.2, 0.25) is 0 Å². The van der Waals surface area contributed by atoms with Crippen LogP contribution < -0.4 is 9.47 Å². The number of methoxy groups -OCH3 is 2. The molecule has 2 rings (SSSR count). The molecule has 0 spiro atoms. The molecule has 0 heterocycles. The van der Waals surface area contributed by atoms with Crippen molar-refractivity contribution in [3.05, 3.63) is 47.5 Å². The highest BCUT2D eigenvalue weighted by Gasteiger charge is 2.19. The number of hydrogen-bond acceptors (Lipinski definition) is 5. The van der Waals surface area contributed by atoms with E-state index in [0.717, 1.165) is 49.7 Å². The molecular weight excluding hydrogens is 416 g/mol. The van der Waals surface area contributed by atoms with Crippen molar-refractivity contribution in [3.8, 4) is 23.0 Å². The van der Waals surface area contributed by atoms with E-state index in [1.165, 1.54) is 25.7 Å². The highest BCUT2D eigenvalue weighted by atomic mass is 16.5. The Kier molecular flexibility index (Phi) is 12.0. The maximum Gasteiger partial charge on any atom is 0.160 e. The highest BCUT2D eigenvalue weighted by molar-refractivity contribution is 5.42. The van der Waals surface area contributed by atoms with Crippen molar-refractivity contribution < 1.29 is 24.4 Å². The van der Waals surface area contributed by atoms with Gasteiger partial charge in [0.25, 0.3) is 0 Å². The van der Waals surface area contributed by atoms with Crippen molar-refractivity contribution in [1.82, 2.24) is 0 Å². The minimum absolute atomic E-state index is 0.0721. The van der Waals surface area contributed by atoms with E-state index in [1.54, 1.807) is 26.4 Å². The molecule has 0 fully saturated rings. The molecule has 2 unspecified atom stereocenters. The van der Waals surface area contributed by atoms with Gasteiger partial charge in [-0.2, -0.15) is 0 Å². The second-order valence-electron chi connectivity index (χ2n) is 8.79. The molecule has 0 saturated carbocycles. The van der Waals surface area contributed by atoms with Gasteiger partial charge in [-0.05, 0) is 61.1 Å². The molecule has 5 nitrogen and oxygen atoms in total. The van der Waals surface area contributed by atoms with E-state index >= 15 is 0 Å². The molecule has 0 aliphatic rings. The third kappa shape index (κ3) is 9.17. The monoisotopic (exact) mass is 458 g/mol. The molecule has 0 radical (unpaired) electrons. The van der Waals surface area contributed by atoms with E-state index in [1.807, 2.05) is 24.3 Å². The molecule has 184 valence electrons. The number of phenolic OH excluding ortho intramolecular Hbond substituents is 2. The van der Waals surface area contributed by atoms with Crippen molar-refractivity contribution in [1.29, 1.82) is 0 Å². The zero-order valence-electron chi connectivity index (χ0n) is 20.8. The zero-order chi connectivity index (χ0) is 24.1. The lowest BCUT2D eigenvalue weighted by Crippen LogP contribution is -2.26. The average Bonchev–Trinajstić information content (AvgIpc) is 2.79. The van der Waals surface area contributed by atoms with Gasteiger partial charge in [-0.1, -0.05) is 64.5 Å². The van der Waals surface area contributed by atoms with E-state index in [2.05, 4.69) is 13.8 Å². The van der Waals surface area contributed by atoms with Crippen LogP contribution in [0.15, 0.2) is 36.4 Å². The van der Waals surface area contributed by atoms with Crippen LogP contribution in [-0.2, 0) is 17.6 Å². The second kappa shape index (κ2) is 14.7. The number of aromatic hydroxyl groups is 2. The topological polar surface area (TPSA) is 68.2 Å². The van der Waals surface area contributed by atoms with Crippen LogP contribution in [-0.4, -0.2) is 36.6 Å². The molecule has 2 N–H and O–H groups in total. The van der Waals surface area contributed by atoms with Crippen LogP contribution in [0.25, 0.3) is 0 Å². The first-order chi connectivity index (χ1) is 16.0. The lowest BCUT2D eigenvalue weighted by Gasteiger charge is -2.26. The van der Waals surface area contributed by atoms with Crippen molar-refractivity contribution in [2.24, 2.45) is 0 Å². The van der Waals surface area contributed by atoms with Gasteiger partial charge in [-0.25, -0.2) is 0 Å².